The van der Waals surface area contributed by atoms with E-state index in [9.17, 15) is 14.4 Å². The Bertz CT molecular complexity index is 503. The Morgan fingerprint density at radius 2 is 2.11 bits per heavy atom. The molecule has 0 aliphatic carbocycles. The van der Waals surface area contributed by atoms with Gasteiger partial charge in [-0.15, -0.1) is 0 Å². The summed E-state index contributed by atoms with van der Waals surface area (Å²) in [5.74, 6) is -2.15. The van der Waals surface area contributed by atoms with Gasteiger partial charge in [0.15, 0.2) is 0 Å². The lowest BCUT2D eigenvalue weighted by Gasteiger charge is -2.13. The van der Waals surface area contributed by atoms with Gasteiger partial charge < -0.3 is 21.5 Å². The first-order valence-electron chi connectivity index (χ1n) is 5.38. The summed E-state index contributed by atoms with van der Waals surface area (Å²) in [7, 11) is 0. The maximum absolute atomic E-state index is 11.6. The number of nitrogens with zero attached hydrogens (tertiary/aromatic N) is 1. The normalized spacial score (nSPS) is 11.4. The second kappa shape index (κ2) is 6.34. The maximum atomic E-state index is 11.6. The number of carbonyl (C=O) groups excluding carboxylic acids is 2. The first kappa shape index (κ1) is 14.4. The van der Waals surface area contributed by atoms with Gasteiger partial charge in [0.05, 0.1) is 18.3 Å². The number of rotatable bonds is 5. The van der Waals surface area contributed by atoms with Crippen molar-refractivity contribution in [1.82, 2.24) is 10.3 Å². The number of carbonyl (C=O) groups is 3. The molecule has 8 heteroatoms. The van der Waals surface area contributed by atoms with Gasteiger partial charge >= 0.3 is 12.0 Å². The summed E-state index contributed by atoms with van der Waals surface area (Å²) in [6.45, 7) is 1.79. The van der Waals surface area contributed by atoms with Crippen LogP contribution in [0.2, 0.25) is 0 Å². The molecule has 0 spiro atoms. The van der Waals surface area contributed by atoms with Gasteiger partial charge in [-0.25, -0.2) is 9.59 Å². The number of anilines is 1. The zero-order valence-corrected chi connectivity index (χ0v) is 10.2. The molecule has 0 saturated carbocycles. The lowest BCUT2D eigenvalue weighted by Crippen LogP contribution is -2.45. The van der Waals surface area contributed by atoms with Crippen LogP contribution in [0.5, 0.6) is 0 Å². The molecule has 1 rings (SSSR count). The molecule has 0 bridgehead atoms. The average molecular weight is 266 g/mol. The number of carboxylic acid groups (broad SMARTS) is 1. The molecular weight excluding hydrogens is 252 g/mol. The summed E-state index contributed by atoms with van der Waals surface area (Å²) in [6.07, 6.45) is 2.54. The third kappa shape index (κ3) is 5.02. The fourth-order valence-corrected chi connectivity index (χ4v) is 1.35. The van der Waals surface area contributed by atoms with E-state index >= 15 is 0 Å². The van der Waals surface area contributed by atoms with Crippen LogP contribution in [0.4, 0.5) is 10.5 Å². The minimum atomic E-state index is -1.37. The van der Waals surface area contributed by atoms with E-state index in [4.69, 9.17) is 10.8 Å². The van der Waals surface area contributed by atoms with Crippen molar-refractivity contribution in [2.75, 3.05) is 5.32 Å². The Kier molecular flexibility index (Phi) is 4.81. The van der Waals surface area contributed by atoms with Gasteiger partial charge in [0.25, 0.3) is 0 Å². The zero-order valence-electron chi connectivity index (χ0n) is 10.2. The summed E-state index contributed by atoms with van der Waals surface area (Å²) in [5, 5.41) is 13.4. The van der Waals surface area contributed by atoms with Gasteiger partial charge in [-0.2, -0.15) is 0 Å². The second-order valence-electron chi connectivity index (χ2n) is 3.91. The summed E-state index contributed by atoms with van der Waals surface area (Å²) >= 11 is 0. The second-order valence-corrected chi connectivity index (χ2v) is 3.91. The van der Waals surface area contributed by atoms with Crippen molar-refractivity contribution in [3.63, 3.8) is 0 Å². The number of amides is 3. The van der Waals surface area contributed by atoms with Crippen LogP contribution in [0.25, 0.3) is 0 Å². The molecule has 3 amide bonds. The summed E-state index contributed by atoms with van der Waals surface area (Å²) in [6, 6.07) is -0.451. The summed E-state index contributed by atoms with van der Waals surface area (Å²) in [5.41, 5.74) is 6.15. The van der Waals surface area contributed by atoms with Crippen LogP contribution in [0, 0.1) is 6.92 Å². The van der Waals surface area contributed by atoms with E-state index in [1.165, 1.54) is 6.20 Å². The molecule has 1 aromatic heterocycles. The minimum Gasteiger partial charge on any atom is -0.480 e. The van der Waals surface area contributed by atoms with E-state index in [0.717, 1.165) is 5.56 Å². The Hall–Kier alpha value is -2.64. The number of aryl methyl sites for hydroxylation is 1. The molecule has 8 nitrogen and oxygen atoms in total. The molecular formula is C11H14N4O4. The number of hydrogen-bond donors (Lipinski definition) is 4. The predicted molar refractivity (Wildman–Crippen MR) is 66.4 cm³/mol. The average Bonchev–Trinajstić information content (AvgIpc) is 2.27. The van der Waals surface area contributed by atoms with Gasteiger partial charge in [-0.1, -0.05) is 0 Å². The van der Waals surface area contributed by atoms with E-state index in [1.54, 1.807) is 19.2 Å². The minimum absolute atomic E-state index is 0.417. The third-order valence-electron chi connectivity index (χ3n) is 2.14. The number of aromatic nitrogens is 1. The molecule has 5 N–H and O–H groups in total. The van der Waals surface area contributed by atoms with Crippen molar-refractivity contribution in [1.29, 1.82) is 0 Å². The zero-order chi connectivity index (χ0) is 14.4. The standard InChI is InChI=1S/C11H14N4O4/c1-6-2-7(5-13-4-6)14-11(19)15-8(10(17)18)3-9(12)16/h2,4-5,8H,3H2,1H3,(H2,12,16)(H,17,18)(H2,14,15,19). The van der Waals surface area contributed by atoms with E-state index in [1.807, 2.05) is 0 Å². The highest BCUT2D eigenvalue weighted by atomic mass is 16.4. The highest BCUT2D eigenvalue weighted by molar-refractivity contribution is 5.93. The van der Waals surface area contributed by atoms with Gasteiger partial charge in [-0.3, -0.25) is 9.78 Å². The van der Waals surface area contributed by atoms with Crippen molar-refractivity contribution in [3.8, 4) is 0 Å². The summed E-state index contributed by atoms with van der Waals surface area (Å²) < 4.78 is 0. The van der Waals surface area contributed by atoms with Gasteiger partial charge in [0.1, 0.15) is 6.04 Å². The fourth-order valence-electron chi connectivity index (χ4n) is 1.35. The molecule has 0 radical (unpaired) electrons. The lowest BCUT2D eigenvalue weighted by atomic mass is 10.2. The van der Waals surface area contributed by atoms with E-state index in [2.05, 4.69) is 15.6 Å². The number of aliphatic carboxylic acids is 1. The van der Waals surface area contributed by atoms with Crippen LogP contribution < -0.4 is 16.4 Å². The molecule has 1 aromatic rings. The summed E-state index contributed by atoms with van der Waals surface area (Å²) in [4.78, 5) is 36.9. The largest absolute Gasteiger partial charge is 0.480 e. The molecule has 0 saturated heterocycles. The topological polar surface area (TPSA) is 134 Å². The molecule has 0 aliphatic heterocycles. The highest BCUT2D eigenvalue weighted by Crippen LogP contribution is 2.06. The first-order valence-corrected chi connectivity index (χ1v) is 5.38. The van der Waals surface area contributed by atoms with Crippen molar-refractivity contribution in [2.45, 2.75) is 19.4 Å². The van der Waals surface area contributed by atoms with Gasteiger partial charge in [0.2, 0.25) is 5.91 Å². The molecule has 0 aromatic carbocycles. The predicted octanol–water partition coefficient (Wildman–Crippen LogP) is -0.160. The van der Waals surface area contributed by atoms with Crippen LogP contribution in [-0.2, 0) is 9.59 Å². The van der Waals surface area contributed by atoms with Crippen molar-refractivity contribution >= 4 is 23.6 Å². The van der Waals surface area contributed by atoms with Crippen molar-refractivity contribution in [2.24, 2.45) is 5.73 Å². The molecule has 0 aliphatic rings. The molecule has 1 heterocycles. The van der Waals surface area contributed by atoms with Gasteiger partial charge in [0, 0.05) is 6.20 Å². The fraction of sp³-hybridized carbons (Fsp3) is 0.273. The Labute approximate surface area is 109 Å². The SMILES string of the molecule is Cc1cncc(NC(=O)NC(CC(N)=O)C(=O)O)c1. The van der Waals surface area contributed by atoms with Crippen LogP contribution in [0.3, 0.4) is 0 Å². The molecule has 19 heavy (non-hydrogen) atoms. The smallest absolute Gasteiger partial charge is 0.326 e. The number of hydrogen-bond acceptors (Lipinski definition) is 4. The first-order chi connectivity index (χ1) is 8.88. The van der Waals surface area contributed by atoms with E-state index in [-0.39, 0.29) is 0 Å². The maximum Gasteiger partial charge on any atom is 0.326 e. The van der Waals surface area contributed by atoms with Crippen molar-refractivity contribution in [3.05, 3.63) is 24.0 Å². The molecule has 1 unspecified atom stereocenters. The van der Waals surface area contributed by atoms with Crippen molar-refractivity contribution < 1.29 is 19.5 Å². The molecule has 0 fully saturated rings. The van der Waals surface area contributed by atoms with Crippen LogP contribution in [0.15, 0.2) is 18.5 Å². The number of urea groups is 1. The number of nitrogens with two attached hydrogens (primary N) is 1. The van der Waals surface area contributed by atoms with E-state index in [0.29, 0.717) is 5.69 Å². The number of pyridine rings is 1. The van der Waals surface area contributed by atoms with Gasteiger partial charge in [-0.05, 0) is 18.6 Å². The highest BCUT2D eigenvalue weighted by Gasteiger charge is 2.22. The van der Waals surface area contributed by atoms with Crippen LogP contribution in [0.1, 0.15) is 12.0 Å². The van der Waals surface area contributed by atoms with Crippen LogP contribution in [-0.4, -0.2) is 34.0 Å². The molecule has 1 atom stereocenters. The molecule has 102 valence electrons. The Morgan fingerprint density at radius 3 is 2.63 bits per heavy atom. The van der Waals surface area contributed by atoms with E-state index < -0.39 is 30.4 Å². The number of carboxylic acids is 1. The Balaban J connectivity index is 2.62. The van der Waals surface area contributed by atoms with Crippen LogP contribution >= 0.6 is 0 Å². The number of nitrogens with one attached hydrogen (secondary N) is 2. The number of primary amides is 1. The monoisotopic (exact) mass is 266 g/mol. The lowest BCUT2D eigenvalue weighted by molar-refractivity contribution is -0.140. The quantitative estimate of drug-likeness (QED) is 0.587. The Morgan fingerprint density at radius 1 is 1.42 bits per heavy atom. The third-order valence-corrected chi connectivity index (χ3v) is 2.14.